The Bertz CT molecular complexity index is 215. The molecule has 2 saturated heterocycles. The lowest BCUT2D eigenvalue weighted by molar-refractivity contribution is -0.191. The highest BCUT2D eigenvalue weighted by atomic mass is 16.7. The summed E-state index contributed by atoms with van der Waals surface area (Å²) in [7, 11) is 0. The van der Waals surface area contributed by atoms with Crippen LogP contribution >= 0.6 is 0 Å². The van der Waals surface area contributed by atoms with Crippen molar-refractivity contribution in [2.75, 3.05) is 32.8 Å². The second-order valence-corrected chi connectivity index (χ2v) is 5.11. The second-order valence-electron chi connectivity index (χ2n) is 5.11. The Balaban J connectivity index is 1.91. The first-order chi connectivity index (χ1) is 7.08. The summed E-state index contributed by atoms with van der Waals surface area (Å²) in [6.07, 6.45) is 1.94. The van der Waals surface area contributed by atoms with Crippen LogP contribution in [0.25, 0.3) is 0 Å². The van der Waals surface area contributed by atoms with E-state index in [4.69, 9.17) is 15.2 Å². The maximum absolute atomic E-state index is 5.78. The fourth-order valence-corrected chi connectivity index (χ4v) is 2.37. The Morgan fingerprint density at radius 2 is 1.73 bits per heavy atom. The van der Waals surface area contributed by atoms with Crippen LogP contribution in [0.5, 0.6) is 0 Å². The number of likely N-dealkylation sites (tertiary alicyclic amines) is 1. The van der Waals surface area contributed by atoms with Gasteiger partial charge in [-0.05, 0) is 13.8 Å². The van der Waals surface area contributed by atoms with Crippen LogP contribution in [0.2, 0.25) is 0 Å². The van der Waals surface area contributed by atoms with Crippen molar-refractivity contribution >= 4 is 0 Å². The third kappa shape index (κ3) is 2.18. The van der Waals surface area contributed by atoms with E-state index in [0.717, 1.165) is 39.1 Å². The highest BCUT2D eigenvalue weighted by Crippen LogP contribution is 2.33. The van der Waals surface area contributed by atoms with Crippen LogP contribution in [0.15, 0.2) is 0 Å². The van der Waals surface area contributed by atoms with Gasteiger partial charge in [-0.2, -0.15) is 0 Å². The number of ether oxygens (including phenoxy) is 2. The topological polar surface area (TPSA) is 47.7 Å². The van der Waals surface area contributed by atoms with Gasteiger partial charge in [0.05, 0.1) is 13.2 Å². The average molecular weight is 214 g/mol. The molecule has 1 spiro atoms. The fourth-order valence-electron chi connectivity index (χ4n) is 2.37. The fraction of sp³-hybridized carbons (Fsp3) is 1.00. The first-order valence-corrected chi connectivity index (χ1v) is 5.81. The van der Waals surface area contributed by atoms with Crippen molar-refractivity contribution in [1.82, 2.24) is 4.90 Å². The summed E-state index contributed by atoms with van der Waals surface area (Å²) in [4.78, 5) is 2.43. The molecule has 0 aromatic carbocycles. The Morgan fingerprint density at radius 1 is 1.20 bits per heavy atom. The van der Waals surface area contributed by atoms with Crippen molar-refractivity contribution in [2.45, 2.75) is 38.0 Å². The molecule has 0 atom stereocenters. The molecule has 2 fully saturated rings. The van der Waals surface area contributed by atoms with Crippen LogP contribution in [0.3, 0.4) is 0 Å². The maximum Gasteiger partial charge on any atom is 0.170 e. The molecular weight excluding hydrogens is 192 g/mol. The van der Waals surface area contributed by atoms with Crippen LogP contribution in [0.4, 0.5) is 0 Å². The van der Waals surface area contributed by atoms with Crippen LogP contribution in [0.1, 0.15) is 26.7 Å². The van der Waals surface area contributed by atoms with E-state index in [9.17, 15) is 0 Å². The molecule has 2 N–H and O–H groups in total. The largest absolute Gasteiger partial charge is 0.347 e. The number of nitrogens with zero attached hydrogens (tertiary/aromatic N) is 1. The van der Waals surface area contributed by atoms with Crippen molar-refractivity contribution in [3.05, 3.63) is 0 Å². The van der Waals surface area contributed by atoms with E-state index in [2.05, 4.69) is 18.7 Å². The smallest absolute Gasteiger partial charge is 0.170 e. The molecule has 0 aromatic rings. The zero-order valence-electron chi connectivity index (χ0n) is 9.79. The molecular formula is C11H22N2O2. The molecule has 0 unspecified atom stereocenters. The number of piperidine rings is 1. The van der Waals surface area contributed by atoms with Gasteiger partial charge in [-0.1, -0.05) is 0 Å². The zero-order valence-corrected chi connectivity index (χ0v) is 9.79. The van der Waals surface area contributed by atoms with Gasteiger partial charge in [-0.3, -0.25) is 4.90 Å². The summed E-state index contributed by atoms with van der Waals surface area (Å²) >= 11 is 0. The molecule has 15 heavy (non-hydrogen) atoms. The monoisotopic (exact) mass is 214 g/mol. The molecule has 2 heterocycles. The lowest BCUT2D eigenvalue weighted by Gasteiger charge is -2.45. The number of nitrogens with two attached hydrogens (primary N) is 1. The van der Waals surface area contributed by atoms with Crippen LogP contribution < -0.4 is 5.73 Å². The Morgan fingerprint density at radius 3 is 2.20 bits per heavy atom. The molecule has 0 saturated carbocycles. The van der Waals surface area contributed by atoms with Crippen molar-refractivity contribution < 1.29 is 9.47 Å². The molecule has 4 heteroatoms. The molecule has 2 aliphatic heterocycles. The normalized spacial score (nSPS) is 27.4. The van der Waals surface area contributed by atoms with E-state index in [1.54, 1.807) is 0 Å². The minimum Gasteiger partial charge on any atom is -0.347 e. The molecule has 0 amide bonds. The van der Waals surface area contributed by atoms with Crippen LogP contribution in [0, 0.1) is 0 Å². The van der Waals surface area contributed by atoms with E-state index in [0.29, 0.717) is 6.54 Å². The predicted molar refractivity (Wildman–Crippen MR) is 58.6 cm³/mol. The quantitative estimate of drug-likeness (QED) is 0.730. The van der Waals surface area contributed by atoms with E-state index in [-0.39, 0.29) is 11.3 Å². The van der Waals surface area contributed by atoms with E-state index in [1.807, 2.05) is 0 Å². The summed E-state index contributed by atoms with van der Waals surface area (Å²) in [6.45, 7) is 8.62. The number of rotatable bonds is 2. The van der Waals surface area contributed by atoms with Crippen molar-refractivity contribution in [3.63, 3.8) is 0 Å². The molecule has 2 rings (SSSR count). The van der Waals surface area contributed by atoms with Crippen molar-refractivity contribution in [3.8, 4) is 0 Å². The van der Waals surface area contributed by atoms with E-state index >= 15 is 0 Å². The second kappa shape index (κ2) is 4.01. The SMILES string of the molecule is CC(C)(CN)N1CCC2(CC1)OCCO2. The third-order valence-electron chi connectivity index (χ3n) is 3.69. The molecule has 88 valence electrons. The minimum atomic E-state index is -0.263. The minimum absolute atomic E-state index is 0.0974. The molecule has 2 aliphatic rings. The highest BCUT2D eigenvalue weighted by Gasteiger charge is 2.42. The van der Waals surface area contributed by atoms with Gasteiger partial charge in [0, 0.05) is 38.0 Å². The number of hydrogen-bond donors (Lipinski definition) is 1. The van der Waals surface area contributed by atoms with Crippen LogP contribution in [-0.2, 0) is 9.47 Å². The summed E-state index contributed by atoms with van der Waals surface area (Å²) in [5.74, 6) is -0.263. The van der Waals surface area contributed by atoms with Crippen LogP contribution in [-0.4, -0.2) is 49.1 Å². The van der Waals surface area contributed by atoms with Gasteiger partial charge in [0.2, 0.25) is 0 Å². The first-order valence-electron chi connectivity index (χ1n) is 5.81. The molecule has 0 aromatic heterocycles. The molecule has 4 nitrogen and oxygen atoms in total. The van der Waals surface area contributed by atoms with Gasteiger partial charge in [0.25, 0.3) is 0 Å². The zero-order chi connectivity index (χ0) is 10.9. The van der Waals surface area contributed by atoms with Gasteiger partial charge in [0.1, 0.15) is 0 Å². The van der Waals surface area contributed by atoms with Crippen molar-refractivity contribution in [2.24, 2.45) is 5.73 Å². The van der Waals surface area contributed by atoms with Gasteiger partial charge < -0.3 is 15.2 Å². The number of hydrogen-bond acceptors (Lipinski definition) is 4. The summed E-state index contributed by atoms with van der Waals surface area (Å²) in [5, 5.41) is 0. The Labute approximate surface area is 91.7 Å². The maximum atomic E-state index is 5.78. The molecule has 0 aliphatic carbocycles. The Kier molecular flexibility index (Phi) is 3.03. The first kappa shape index (κ1) is 11.3. The van der Waals surface area contributed by atoms with Gasteiger partial charge >= 0.3 is 0 Å². The molecule has 0 bridgehead atoms. The highest BCUT2D eigenvalue weighted by molar-refractivity contribution is 4.90. The third-order valence-corrected chi connectivity index (χ3v) is 3.69. The van der Waals surface area contributed by atoms with Gasteiger partial charge in [0.15, 0.2) is 5.79 Å². The molecule has 0 radical (unpaired) electrons. The van der Waals surface area contributed by atoms with Crippen molar-refractivity contribution in [1.29, 1.82) is 0 Å². The predicted octanol–water partition coefficient (Wildman–Crippen LogP) is 0.563. The Hall–Kier alpha value is -0.160. The summed E-state index contributed by atoms with van der Waals surface area (Å²) < 4.78 is 11.4. The van der Waals surface area contributed by atoms with Gasteiger partial charge in [-0.25, -0.2) is 0 Å². The summed E-state index contributed by atoms with van der Waals surface area (Å²) in [5.41, 5.74) is 5.88. The van der Waals surface area contributed by atoms with E-state index in [1.165, 1.54) is 0 Å². The average Bonchev–Trinajstić information content (AvgIpc) is 2.67. The lowest BCUT2D eigenvalue weighted by Crippen LogP contribution is -2.55. The summed E-state index contributed by atoms with van der Waals surface area (Å²) in [6, 6.07) is 0. The standard InChI is InChI=1S/C11H22N2O2/c1-10(2,9-12)13-5-3-11(4-6-13)14-7-8-15-11/h3-9,12H2,1-2H3. The van der Waals surface area contributed by atoms with E-state index < -0.39 is 0 Å². The lowest BCUT2D eigenvalue weighted by atomic mass is 9.96. The van der Waals surface area contributed by atoms with Gasteiger partial charge in [-0.15, -0.1) is 0 Å².